The Morgan fingerprint density at radius 2 is 1.78 bits per heavy atom. The van der Waals surface area contributed by atoms with E-state index in [9.17, 15) is 21.6 Å². The van der Waals surface area contributed by atoms with Crippen molar-refractivity contribution < 1.29 is 21.6 Å². The normalized spacial score (nSPS) is 12.4. The average molecular weight is 163 g/mol. The van der Waals surface area contributed by atoms with Gasteiger partial charge in [0.2, 0.25) is 10.9 Å². The highest BCUT2D eigenvalue weighted by Crippen LogP contribution is 2.11. The van der Waals surface area contributed by atoms with Crippen LogP contribution in [0.4, 0.5) is 13.2 Å². The third-order valence-corrected chi connectivity index (χ3v) is 0.825. The Kier molecular flexibility index (Phi) is 2.92. The van der Waals surface area contributed by atoms with Crippen LogP contribution >= 0.6 is 0 Å². The quantitative estimate of drug-likeness (QED) is 0.547. The molecule has 0 radical (unpaired) electrons. The Labute approximate surface area is 50.9 Å². The van der Waals surface area contributed by atoms with Gasteiger partial charge in [-0.15, -0.1) is 0 Å². The maximum Gasteiger partial charge on any atom is 0.402 e. The van der Waals surface area contributed by atoms with Gasteiger partial charge in [0, 0.05) is 0 Å². The van der Waals surface area contributed by atoms with Crippen LogP contribution < -0.4 is 4.72 Å². The first-order valence-corrected chi connectivity index (χ1v) is 3.04. The first-order chi connectivity index (χ1) is 3.92. The van der Waals surface area contributed by atoms with Gasteiger partial charge in [-0.2, -0.15) is 13.2 Å². The fourth-order valence-electron chi connectivity index (χ4n) is 0.154. The van der Waals surface area contributed by atoms with Crippen molar-refractivity contribution in [3.63, 3.8) is 0 Å². The SMILES string of the molecule is O=[SH](=O)NCC(F)(F)F. The molecule has 3 nitrogen and oxygen atoms in total. The predicted molar refractivity (Wildman–Crippen MR) is 24.4 cm³/mol. The van der Waals surface area contributed by atoms with Crippen molar-refractivity contribution in [2.24, 2.45) is 0 Å². The van der Waals surface area contributed by atoms with Gasteiger partial charge >= 0.3 is 6.18 Å². The third kappa shape index (κ3) is 7.70. The van der Waals surface area contributed by atoms with Crippen LogP contribution in [0.15, 0.2) is 0 Å². The van der Waals surface area contributed by atoms with E-state index in [1.54, 1.807) is 0 Å². The van der Waals surface area contributed by atoms with Gasteiger partial charge in [-0.05, 0) is 0 Å². The Morgan fingerprint density at radius 3 is 1.89 bits per heavy atom. The van der Waals surface area contributed by atoms with Crippen LogP contribution in [0.5, 0.6) is 0 Å². The van der Waals surface area contributed by atoms with E-state index >= 15 is 0 Å². The summed E-state index contributed by atoms with van der Waals surface area (Å²) in [5.74, 6) is 0. The van der Waals surface area contributed by atoms with E-state index in [2.05, 4.69) is 0 Å². The summed E-state index contributed by atoms with van der Waals surface area (Å²) in [6, 6.07) is 0. The molecule has 0 aromatic carbocycles. The Balaban J connectivity index is 3.52. The molecular weight excluding hydrogens is 159 g/mol. The van der Waals surface area contributed by atoms with Crippen molar-refractivity contribution in [3.05, 3.63) is 0 Å². The summed E-state index contributed by atoms with van der Waals surface area (Å²) in [4.78, 5) is 0. The molecule has 0 bridgehead atoms. The second-order valence-electron chi connectivity index (χ2n) is 1.21. The molecule has 0 heterocycles. The molecular formula is C2H4F3NO2S. The molecule has 0 atom stereocenters. The molecule has 9 heavy (non-hydrogen) atoms. The van der Waals surface area contributed by atoms with Crippen LogP contribution in [0, 0.1) is 0 Å². The number of nitrogens with one attached hydrogen (secondary N) is 1. The summed E-state index contributed by atoms with van der Waals surface area (Å²) in [5, 5.41) is 0. The smallest absolute Gasteiger partial charge is 0.216 e. The van der Waals surface area contributed by atoms with Crippen LogP contribution in [0.2, 0.25) is 0 Å². The van der Waals surface area contributed by atoms with Crippen molar-refractivity contribution in [2.75, 3.05) is 6.54 Å². The predicted octanol–water partition coefficient (Wildman–Crippen LogP) is -0.335. The van der Waals surface area contributed by atoms with Gasteiger partial charge in [0.25, 0.3) is 0 Å². The minimum absolute atomic E-state index is 1.21. The Morgan fingerprint density at radius 1 is 1.33 bits per heavy atom. The van der Waals surface area contributed by atoms with Crippen molar-refractivity contribution in [3.8, 4) is 0 Å². The molecule has 56 valence electrons. The third-order valence-electron chi connectivity index (χ3n) is 0.409. The van der Waals surface area contributed by atoms with E-state index in [0.29, 0.717) is 0 Å². The summed E-state index contributed by atoms with van der Waals surface area (Å²) >= 11 is 0. The van der Waals surface area contributed by atoms with Crippen LogP contribution in [-0.4, -0.2) is 21.1 Å². The lowest BCUT2D eigenvalue weighted by Gasteiger charge is -2.01. The van der Waals surface area contributed by atoms with Crippen molar-refractivity contribution in [1.29, 1.82) is 0 Å². The van der Waals surface area contributed by atoms with Crippen molar-refractivity contribution >= 4 is 10.9 Å². The molecule has 0 fully saturated rings. The van der Waals surface area contributed by atoms with E-state index in [1.165, 1.54) is 4.72 Å². The fraction of sp³-hybridized carbons (Fsp3) is 1.00. The van der Waals surface area contributed by atoms with Crippen LogP contribution in [-0.2, 0) is 10.9 Å². The Hall–Kier alpha value is -0.300. The molecule has 0 spiro atoms. The van der Waals surface area contributed by atoms with Gasteiger partial charge in [-0.1, -0.05) is 0 Å². The Bertz CT molecular complexity index is 142. The molecule has 0 saturated heterocycles. The summed E-state index contributed by atoms with van der Waals surface area (Å²) in [6.45, 7) is -1.49. The van der Waals surface area contributed by atoms with Crippen molar-refractivity contribution in [2.45, 2.75) is 6.18 Å². The standard InChI is InChI=1S/C2H4F3NO2S/c3-2(4,5)1-6-9(7)8/h9H,1H2,(H,6,7,8). The van der Waals surface area contributed by atoms with Crippen LogP contribution in [0.3, 0.4) is 0 Å². The molecule has 0 aromatic rings. The zero-order valence-electron chi connectivity index (χ0n) is 4.10. The van der Waals surface area contributed by atoms with Crippen LogP contribution in [0.1, 0.15) is 0 Å². The second kappa shape index (κ2) is 3.02. The number of rotatable bonds is 2. The summed E-state index contributed by atoms with van der Waals surface area (Å²) in [7, 11) is -3.13. The summed E-state index contributed by atoms with van der Waals surface area (Å²) in [6.07, 6.45) is -4.46. The number of hydrogen-bond acceptors (Lipinski definition) is 2. The fourth-order valence-corrected chi connectivity index (χ4v) is 0.463. The molecule has 0 unspecified atom stereocenters. The molecule has 1 N–H and O–H groups in total. The lowest BCUT2D eigenvalue weighted by atomic mass is 10.7. The maximum atomic E-state index is 11.1. The minimum atomic E-state index is -4.46. The zero-order chi connectivity index (χ0) is 7.49. The number of hydrogen-bond donors (Lipinski definition) is 2. The monoisotopic (exact) mass is 163 g/mol. The van der Waals surface area contributed by atoms with Gasteiger partial charge in [0.15, 0.2) is 0 Å². The number of thiol groups is 1. The van der Waals surface area contributed by atoms with Gasteiger partial charge in [0.05, 0.1) is 0 Å². The summed E-state index contributed by atoms with van der Waals surface area (Å²) < 4.78 is 53.4. The average Bonchev–Trinajstić information content (AvgIpc) is 1.59. The van der Waals surface area contributed by atoms with E-state index in [1.807, 2.05) is 0 Å². The zero-order valence-corrected chi connectivity index (χ0v) is 5.00. The van der Waals surface area contributed by atoms with Gasteiger partial charge in [0.1, 0.15) is 6.54 Å². The van der Waals surface area contributed by atoms with E-state index in [4.69, 9.17) is 0 Å². The second-order valence-corrected chi connectivity index (χ2v) is 2.04. The molecule has 0 aromatic heterocycles. The molecule has 0 rings (SSSR count). The first-order valence-electron chi connectivity index (χ1n) is 1.86. The molecule has 0 aliphatic rings. The van der Waals surface area contributed by atoms with Gasteiger partial charge < -0.3 is 0 Å². The highest BCUT2D eigenvalue weighted by Gasteiger charge is 2.26. The first kappa shape index (κ1) is 8.70. The minimum Gasteiger partial charge on any atom is -0.216 e. The number of alkyl halides is 3. The van der Waals surface area contributed by atoms with E-state index < -0.39 is 23.6 Å². The lowest BCUT2D eigenvalue weighted by Crippen LogP contribution is -2.27. The molecule has 0 aliphatic carbocycles. The molecule has 0 saturated carbocycles. The highest BCUT2D eigenvalue weighted by atomic mass is 32.2. The van der Waals surface area contributed by atoms with Crippen molar-refractivity contribution in [1.82, 2.24) is 4.72 Å². The van der Waals surface area contributed by atoms with Crippen LogP contribution in [0.25, 0.3) is 0 Å². The highest BCUT2D eigenvalue weighted by molar-refractivity contribution is 7.70. The summed E-state index contributed by atoms with van der Waals surface area (Å²) in [5.41, 5.74) is 0. The maximum absolute atomic E-state index is 11.1. The number of halogens is 3. The molecule has 7 heteroatoms. The van der Waals surface area contributed by atoms with Gasteiger partial charge in [-0.3, -0.25) is 0 Å². The topological polar surface area (TPSA) is 46.2 Å². The molecule has 0 aliphatic heterocycles. The molecule has 0 amide bonds. The largest absolute Gasteiger partial charge is 0.402 e. The van der Waals surface area contributed by atoms with Gasteiger partial charge in [-0.25, -0.2) is 13.1 Å². The van der Waals surface area contributed by atoms with E-state index in [0.717, 1.165) is 0 Å². The lowest BCUT2D eigenvalue weighted by molar-refractivity contribution is -0.121. The van der Waals surface area contributed by atoms with E-state index in [-0.39, 0.29) is 0 Å².